The van der Waals surface area contributed by atoms with Crippen molar-refractivity contribution < 1.29 is 150 Å². The maximum atomic E-state index is 8.49. The Labute approximate surface area is 468 Å². The molecule has 2 saturated heterocycles. The molecule has 4 N–H and O–H groups in total. The molecule has 0 unspecified atom stereocenters. The van der Waals surface area contributed by atoms with E-state index in [0.29, 0.717) is 0 Å². The number of halogens is 4. The number of rotatable bonds is 0. The van der Waals surface area contributed by atoms with E-state index in [1.807, 2.05) is 0 Å². The third-order valence-electron chi connectivity index (χ3n) is 9.19. The summed E-state index contributed by atoms with van der Waals surface area (Å²) in [7, 11) is -19.8. The number of pyridine rings is 2. The van der Waals surface area contributed by atoms with Crippen LogP contribution in [0.25, 0.3) is 0 Å². The van der Waals surface area contributed by atoms with Gasteiger partial charge in [-0.3, -0.25) is 9.97 Å². The molecule has 75 heavy (non-hydrogen) atoms. The van der Waals surface area contributed by atoms with E-state index in [1.165, 1.54) is 125 Å². The molecule has 29 nitrogen and oxygen atoms in total. The number of fused-ring (bicyclic) bond motifs is 20. The number of hydrogen-bond acceptors (Lipinski definition) is 29. The zero-order chi connectivity index (χ0) is 56.2. The predicted molar refractivity (Wildman–Crippen MR) is 213 cm³/mol. The molecule has 8 bridgehead atoms. The monoisotopic (exact) mass is 1240 g/mol. The fraction of sp³-hybridized carbons (Fsp3) is 0.675. The molecule has 2 aromatic heterocycles. The Bertz CT molecular complexity index is 1510. The normalized spacial score (nSPS) is 20.1. The molecular weight excluding hydrogens is 1170 g/mol. The summed E-state index contributed by atoms with van der Waals surface area (Å²) in [6.45, 7) is 26.8. The van der Waals surface area contributed by atoms with E-state index in [2.05, 4.69) is 77.3 Å². The first-order valence-electron chi connectivity index (χ1n) is 22.1. The summed E-state index contributed by atoms with van der Waals surface area (Å²) in [4.78, 5) is 19.9. The predicted octanol–water partition coefficient (Wildman–Crippen LogP) is -16.1. The van der Waals surface area contributed by atoms with Gasteiger partial charge in [-0.1, -0.05) is 12.1 Å². The zero-order valence-corrected chi connectivity index (χ0v) is 46.9. The number of aromatic nitrogens is 2. The molecule has 35 heteroatoms. The van der Waals surface area contributed by atoms with Gasteiger partial charge in [0.2, 0.25) is 0 Å². The second kappa shape index (κ2) is 50.2. The van der Waals surface area contributed by atoms with Crippen molar-refractivity contribution in [2.75, 3.05) is 105 Å². The summed E-state index contributed by atoms with van der Waals surface area (Å²) < 4.78 is 136. The van der Waals surface area contributed by atoms with Crippen LogP contribution in [0.3, 0.4) is 0 Å². The van der Waals surface area contributed by atoms with Gasteiger partial charge in [-0.05, 0) is 102 Å². The SMILES string of the molecule is CC#N.CC#N.CC#N.[Fe+6].[Fe+6].[O-][Cl+3]([O-])([O-])[O-].[O-][Cl+3]([O-])([O-])[O-].[O-][Cl+3]([O-])([O-])[O-].[O-][Cl+3]([O-])([O-])[O-].c1cc2nc(c1)CNCCCN1CCN(CCCNC2)CC1.c1cc2nc(c1)CNCCCN1CCN(CCCNC2)CC1. The average Bonchev–Trinajstić information content (AvgIpc) is 3.26. The number of nitrogens with one attached hydrogen (secondary N) is 4. The smallest absolute Gasteiger partial charge is 0.311 e. The van der Waals surface area contributed by atoms with Crippen LogP contribution in [0.2, 0.25) is 0 Å². The van der Waals surface area contributed by atoms with Gasteiger partial charge in [0.15, 0.2) is 0 Å². The summed E-state index contributed by atoms with van der Waals surface area (Å²) in [5.41, 5.74) is 4.60. The number of nitriles is 3. The van der Waals surface area contributed by atoms with Gasteiger partial charge >= 0.3 is 34.1 Å². The van der Waals surface area contributed by atoms with E-state index in [-0.39, 0.29) is 34.1 Å². The molecule has 0 amide bonds. The van der Waals surface area contributed by atoms with E-state index >= 15 is 0 Å². The van der Waals surface area contributed by atoms with Crippen LogP contribution >= 0.6 is 0 Å². The number of hydrogen-bond donors (Lipinski definition) is 4. The van der Waals surface area contributed by atoms with E-state index < -0.39 is 41.0 Å². The Morgan fingerprint density at radius 2 is 0.507 bits per heavy atom. The molecule has 0 spiro atoms. The van der Waals surface area contributed by atoms with Crippen LogP contribution in [-0.4, -0.2) is 134 Å². The molecule has 424 valence electrons. The van der Waals surface area contributed by atoms with E-state index in [0.717, 1.165) is 75.1 Å². The third kappa shape index (κ3) is 72.0. The first-order chi connectivity index (χ1) is 34.0. The quantitative estimate of drug-likeness (QED) is 0.178. The topological polar surface area (TPSA) is 527 Å². The van der Waals surface area contributed by atoms with Gasteiger partial charge in [0.1, 0.15) is 0 Å². The minimum absolute atomic E-state index is 0. The maximum Gasteiger partial charge on any atom is 6.00 e. The minimum atomic E-state index is -4.94. The van der Waals surface area contributed by atoms with Gasteiger partial charge < -0.3 is 40.9 Å². The number of nitrogens with zero attached hydrogens (tertiary/aromatic N) is 9. The molecule has 8 heterocycles. The molecular formula is C40H67Cl4Fe2N13O16+8. The van der Waals surface area contributed by atoms with Crippen molar-refractivity contribution in [2.24, 2.45) is 0 Å². The first kappa shape index (κ1) is 81.8. The van der Waals surface area contributed by atoms with Crippen molar-refractivity contribution in [2.45, 2.75) is 72.6 Å². The Hall–Kier alpha value is -1.99. The van der Waals surface area contributed by atoms with Crippen LogP contribution in [0, 0.1) is 75.0 Å². The van der Waals surface area contributed by atoms with Gasteiger partial charge in [0.05, 0.1) is 41.0 Å². The fourth-order valence-electron chi connectivity index (χ4n) is 6.50. The van der Waals surface area contributed by atoms with Crippen molar-refractivity contribution in [3.05, 3.63) is 59.2 Å². The van der Waals surface area contributed by atoms with Crippen LogP contribution in [0.15, 0.2) is 36.4 Å². The molecule has 8 rings (SSSR count). The Kier molecular flexibility index (Phi) is 54.8. The Morgan fingerprint density at radius 1 is 0.360 bits per heavy atom. The van der Waals surface area contributed by atoms with Gasteiger partial charge in [0, 0.05) is 99.3 Å². The molecule has 6 aliphatic rings. The van der Waals surface area contributed by atoms with Crippen molar-refractivity contribution in [3.63, 3.8) is 0 Å². The summed E-state index contributed by atoms with van der Waals surface area (Å²) in [6.07, 6.45) is 4.89. The Balaban J connectivity index is -0.000000284. The molecule has 0 atom stereocenters. The molecule has 6 aliphatic heterocycles. The van der Waals surface area contributed by atoms with Gasteiger partial charge in [-0.2, -0.15) is 15.8 Å². The van der Waals surface area contributed by atoms with E-state index in [4.69, 9.17) is 100 Å². The van der Waals surface area contributed by atoms with Crippen molar-refractivity contribution in [3.8, 4) is 18.2 Å². The molecule has 0 aromatic carbocycles. The van der Waals surface area contributed by atoms with Gasteiger partial charge in [-0.25, -0.2) is 74.5 Å². The van der Waals surface area contributed by atoms with Crippen molar-refractivity contribution in [1.82, 2.24) is 50.8 Å². The first-order valence-corrected chi connectivity index (χ1v) is 27.0. The Morgan fingerprint density at radius 3 is 0.653 bits per heavy atom. The maximum absolute atomic E-state index is 8.49. The summed E-state index contributed by atoms with van der Waals surface area (Å²) in [6, 6.07) is 17.9. The average molecular weight is 1240 g/mol. The van der Waals surface area contributed by atoms with E-state index in [9.17, 15) is 0 Å². The van der Waals surface area contributed by atoms with Crippen molar-refractivity contribution in [1.29, 1.82) is 15.8 Å². The van der Waals surface area contributed by atoms with Crippen LogP contribution in [0.4, 0.5) is 0 Å². The van der Waals surface area contributed by atoms with E-state index in [1.54, 1.807) is 18.2 Å². The molecule has 2 fully saturated rings. The van der Waals surface area contributed by atoms with Crippen molar-refractivity contribution >= 4 is 0 Å². The van der Waals surface area contributed by atoms with Crippen LogP contribution in [-0.2, 0) is 60.3 Å². The van der Waals surface area contributed by atoms with Crippen LogP contribution in [0.5, 0.6) is 0 Å². The largest absolute Gasteiger partial charge is 6.00 e. The molecule has 0 aliphatic carbocycles. The van der Waals surface area contributed by atoms with Crippen LogP contribution < -0.4 is 95.8 Å². The zero-order valence-electron chi connectivity index (χ0n) is 41.7. The standard InChI is InChI=1S/2C17H29N5.3C2H3N.4ClHO4.2Fe/c2*1-4-16-14-18-6-2-8-21-10-12-22(13-11-21)9-3-7-19-15-17(5-1)20-16;3*1-2-3;4*2-1(3,4)5;;/h2*1,4-5,18-19H,2-3,6-15H2;3*1H3;4*(H,2,3,4,5);;/q;;;;;;;;;2*+6/p-4. The minimum Gasteiger partial charge on any atom is -0.311 e. The molecule has 2 aromatic rings. The summed E-state index contributed by atoms with van der Waals surface area (Å²) >= 11 is 0. The fourth-order valence-corrected chi connectivity index (χ4v) is 6.50. The second-order valence-electron chi connectivity index (χ2n) is 14.9. The van der Waals surface area contributed by atoms with Gasteiger partial charge in [-0.15, -0.1) is 41.0 Å². The summed E-state index contributed by atoms with van der Waals surface area (Å²) in [5.74, 6) is 0. The molecule has 0 saturated carbocycles. The van der Waals surface area contributed by atoms with Gasteiger partial charge in [0.25, 0.3) is 0 Å². The second-order valence-corrected chi connectivity index (χ2v) is 17.9. The summed E-state index contributed by atoms with van der Waals surface area (Å²) in [5, 5.41) is 36.1. The third-order valence-corrected chi connectivity index (χ3v) is 9.19. The number of piperazine rings is 2. The molecule has 0 radical (unpaired) electrons. The van der Waals surface area contributed by atoms with Crippen LogP contribution in [0.1, 0.15) is 69.2 Å².